The van der Waals surface area contributed by atoms with Crippen molar-refractivity contribution in [2.24, 2.45) is 0 Å². The monoisotopic (exact) mass is 431 g/mol. The van der Waals surface area contributed by atoms with Gasteiger partial charge in [-0.05, 0) is 28.0 Å². The number of aromatic amines is 1. The first-order valence-corrected chi connectivity index (χ1v) is 10.9. The van der Waals surface area contributed by atoms with E-state index in [1.165, 1.54) is 17.8 Å². The van der Waals surface area contributed by atoms with E-state index in [4.69, 9.17) is 0 Å². The summed E-state index contributed by atoms with van der Waals surface area (Å²) in [4.78, 5) is 32.8. The molecule has 2 N–H and O–H groups in total. The predicted octanol–water partition coefficient (Wildman–Crippen LogP) is 4.83. The molecule has 0 radical (unpaired) electrons. The maximum absolute atomic E-state index is 13.9. The molecule has 0 saturated heterocycles. The Morgan fingerprint density at radius 2 is 1.77 bits per heavy atom. The number of carbonyl (C=O) groups is 1. The number of aromatic nitrogens is 2. The molecule has 0 spiro atoms. The van der Waals surface area contributed by atoms with Crippen molar-refractivity contribution >= 4 is 34.3 Å². The van der Waals surface area contributed by atoms with Gasteiger partial charge in [0.1, 0.15) is 11.6 Å². The maximum atomic E-state index is 13.9. The minimum atomic E-state index is -0.392. The fourth-order valence-electron chi connectivity index (χ4n) is 4.00. The quantitative estimate of drug-likeness (QED) is 0.359. The van der Waals surface area contributed by atoms with Crippen LogP contribution in [0.2, 0.25) is 0 Å². The van der Waals surface area contributed by atoms with Gasteiger partial charge in [0.25, 0.3) is 5.56 Å². The van der Waals surface area contributed by atoms with Gasteiger partial charge in [-0.25, -0.2) is 9.37 Å². The maximum Gasteiger partial charge on any atom is 0.257 e. The molecule has 1 aromatic heterocycles. The van der Waals surface area contributed by atoms with Crippen LogP contribution in [-0.4, -0.2) is 15.9 Å². The van der Waals surface area contributed by atoms with E-state index >= 15 is 0 Å². The summed E-state index contributed by atoms with van der Waals surface area (Å²) in [6.45, 7) is 0. The van der Waals surface area contributed by atoms with Gasteiger partial charge in [-0.3, -0.25) is 9.59 Å². The molecule has 1 aliphatic heterocycles. The highest BCUT2D eigenvalue weighted by Crippen LogP contribution is 2.37. The van der Waals surface area contributed by atoms with Crippen LogP contribution in [-0.2, 0) is 10.5 Å². The second-order valence-electron chi connectivity index (χ2n) is 7.39. The largest absolute Gasteiger partial charge is 0.310 e. The van der Waals surface area contributed by atoms with Crippen LogP contribution in [0.1, 0.15) is 29.0 Å². The average Bonchev–Trinajstić information content (AvgIpc) is 2.77. The van der Waals surface area contributed by atoms with Gasteiger partial charge in [-0.2, -0.15) is 0 Å². The van der Waals surface area contributed by atoms with Crippen molar-refractivity contribution in [3.8, 4) is 0 Å². The molecule has 0 bridgehead atoms. The van der Waals surface area contributed by atoms with Crippen molar-refractivity contribution in [1.29, 1.82) is 0 Å². The van der Waals surface area contributed by atoms with E-state index in [0.717, 1.165) is 16.3 Å². The number of fused-ring (bicyclic) bond motifs is 2. The Morgan fingerprint density at radius 1 is 1.00 bits per heavy atom. The topological polar surface area (TPSA) is 74.8 Å². The molecule has 4 aromatic rings. The van der Waals surface area contributed by atoms with E-state index in [1.54, 1.807) is 18.2 Å². The van der Waals surface area contributed by atoms with Crippen molar-refractivity contribution in [3.05, 3.63) is 99.6 Å². The van der Waals surface area contributed by atoms with Gasteiger partial charge in [-0.15, -0.1) is 0 Å². The third kappa shape index (κ3) is 3.72. The van der Waals surface area contributed by atoms with Crippen LogP contribution >= 0.6 is 11.8 Å². The summed E-state index contributed by atoms with van der Waals surface area (Å²) in [5.74, 6) is -0.298. The summed E-state index contributed by atoms with van der Waals surface area (Å²) >= 11 is 1.22. The lowest BCUT2D eigenvalue weighted by Crippen LogP contribution is -2.31. The lowest BCUT2D eigenvalue weighted by molar-refractivity contribution is -0.116. The molecule has 1 atom stereocenters. The molecule has 1 unspecified atom stereocenters. The first-order valence-electron chi connectivity index (χ1n) is 9.88. The molecular weight excluding hydrogens is 413 g/mol. The molecule has 7 heteroatoms. The van der Waals surface area contributed by atoms with Crippen LogP contribution < -0.4 is 10.9 Å². The average molecular weight is 431 g/mol. The van der Waals surface area contributed by atoms with E-state index in [9.17, 15) is 14.0 Å². The summed E-state index contributed by atoms with van der Waals surface area (Å²) < 4.78 is 13.9. The van der Waals surface area contributed by atoms with Gasteiger partial charge in [0.15, 0.2) is 5.16 Å². The summed E-state index contributed by atoms with van der Waals surface area (Å²) in [5, 5.41) is 5.14. The standard InChI is InChI=1S/C24H18FN3O2S/c25-19-11-4-2-7-15(19)13-31-24-27-22-21(23(30)28-24)18(12-20(29)26-22)17-10-5-8-14-6-1-3-9-16(14)17/h1-11,18H,12-13H2,(H2,26,27,28,29,30). The normalized spacial score (nSPS) is 15.5. The van der Waals surface area contributed by atoms with Crippen LogP contribution in [0.5, 0.6) is 0 Å². The Balaban J connectivity index is 1.54. The zero-order chi connectivity index (χ0) is 21.4. The fourth-order valence-corrected chi connectivity index (χ4v) is 4.85. The molecule has 0 fully saturated rings. The zero-order valence-electron chi connectivity index (χ0n) is 16.4. The van der Waals surface area contributed by atoms with Crippen molar-refractivity contribution in [3.63, 3.8) is 0 Å². The number of H-pyrrole nitrogens is 1. The van der Waals surface area contributed by atoms with Crippen LogP contribution in [0.4, 0.5) is 10.2 Å². The van der Waals surface area contributed by atoms with E-state index < -0.39 is 5.92 Å². The second kappa shape index (κ2) is 8.00. The molecule has 5 nitrogen and oxygen atoms in total. The van der Waals surface area contributed by atoms with Crippen LogP contribution in [0, 0.1) is 5.82 Å². The molecule has 2 heterocycles. The number of benzene rings is 3. The summed E-state index contributed by atoms with van der Waals surface area (Å²) in [6, 6.07) is 20.3. The molecule has 0 saturated carbocycles. The molecule has 154 valence electrons. The van der Waals surface area contributed by atoms with E-state index in [0.29, 0.717) is 22.0 Å². The number of hydrogen-bond donors (Lipinski definition) is 2. The summed E-state index contributed by atoms with van der Waals surface area (Å²) in [6.07, 6.45) is 0.174. The van der Waals surface area contributed by atoms with Crippen LogP contribution in [0.25, 0.3) is 10.8 Å². The predicted molar refractivity (Wildman–Crippen MR) is 120 cm³/mol. The Bertz CT molecular complexity index is 1360. The Kier molecular flexibility index (Phi) is 5.03. The Hall–Kier alpha value is -3.45. The minimum absolute atomic E-state index is 0.174. The summed E-state index contributed by atoms with van der Waals surface area (Å²) in [5.41, 5.74) is 1.60. The van der Waals surface area contributed by atoms with Gasteiger partial charge in [0.2, 0.25) is 5.91 Å². The van der Waals surface area contributed by atoms with Crippen LogP contribution in [0.15, 0.2) is 76.7 Å². The Labute approximate surface area is 181 Å². The number of halogens is 1. The number of rotatable bonds is 4. The molecule has 3 aromatic carbocycles. The fraction of sp³-hybridized carbons (Fsp3) is 0.125. The zero-order valence-corrected chi connectivity index (χ0v) is 17.2. The van der Waals surface area contributed by atoms with Gasteiger partial charge < -0.3 is 10.3 Å². The first-order chi connectivity index (χ1) is 15.1. The van der Waals surface area contributed by atoms with Crippen molar-refractivity contribution < 1.29 is 9.18 Å². The highest BCUT2D eigenvalue weighted by molar-refractivity contribution is 7.98. The van der Waals surface area contributed by atoms with Crippen molar-refractivity contribution in [2.75, 3.05) is 5.32 Å². The number of nitrogens with one attached hydrogen (secondary N) is 2. The smallest absolute Gasteiger partial charge is 0.257 e. The molecule has 31 heavy (non-hydrogen) atoms. The minimum Gasteiger partial charge on any atom is -0.310 e. The molecular formula is C24H18FN3O2S. The van der Waals surface area contributed by atoms with E-state index in [-0.39, 0.29) is 29.5 Å². The lowest BCUT2D eigenvalue weighted by Gasteiger charge is -2.25. The van der Waals surface area contributed by atoms with E-state index in [1.807, 2.05) is 42.5 Å². The lowest BCUT2D eigenvalue weighted by atomic mass is 9.84. The third-order valence-corrected chi connectivity index (χ3v) is 6.37. The van der Waals surface area contributed by atoms with Crippen molar-refractivity contribution in [2.45, 2.75) is 23.2 Å². The Morgan fingerprint density at radius 3 is 2.65 bits per heavy atom. The highest BCUT2D eigenvalue weighted by Gasteiger charge is 2.31. The number of hydrogen-bond acceptors (Lipinski definition) is 4. The molecule has 1 amide bonds. The molecule has 5 rings (SSSR count). The van der Waals surface area contributed by atoms with Gasteiger partial charge in [0.05, 0.1) is 5.56 Å². The summed E-state index contributed by atoms with van der Waals surface area (Å²) in [7, 11) is 0. The van der Waals surface area contributed by atoms with Gasteiger partial charge >= 0.3 is 0 Å². The number of amides is 1. The SMILES string of the molecule is O=C1CC(c2cccc3ccccc23)c2c(nc(SCc3ccccc3F)[nH]c2=O)N1. The number of thioether (sulfide) groups is 1. The number of nitrogens with zero attached hydrogens (tertiary/aromatic N) is 1. The van der Waals surface area contributed by atoms with E-state index in [2.05, 4.69) is 15.3 Å². The number of anilines is 1. The highest BCUT2D eigenvalue weighted by atomic mass is 32.2. The van der Waals surface area contributed by atoms with Crippen molar-refractivity contribution in [1.82, 2.24) is 9.97 Å². The molecule has 0 aliphatic carbocycles. The second-order valence-corrected chi connectivity index (χ2v) is 8.35. The first kappa shape index (κ1) is 19.5. The van der Waals surface area contributed by atoms with Crippen LogP contribution in [0.3, 0.4) is 0 Å². The third-order valence-electron chi connectivity index (χ3n) is 5.45. The molecule has 1 aliphatic rings. The van der Waals surface area contributed by atoms with Gasteiger partial charge in [0, 0.05) is 18.1 Å². The number of carbonyl (C=O) groups excluding carboxylic acids is 1. The van der Waals surface area contributed by atoms with Gasteiger partial charge in [-0.1, -0.05) is 72.4 Å².